The molecule has 0 radical (unpaired) electrons. The fraction of sp³-hybridized carbons (Fsp3) is 0.286. The minimum absolute atomic E-state index is 0.875. The maximum absolute atomic E-state index is 4.14. The molecule has 0 fully saturated rings. The third-order valence-electron chi connectivity index (χ3n) is 1.44. The topological polar surface area (TPSA) is 12.4 Å². The summed E-state index contributed by atoms with van der Waals surface area (Å²) in [6.45, 7) is 0.875. The normalized spacial score (nSPS) is 23.1. The van der Waals surface area contributed by atoms with Crippen LogP contribution in [0.4, 0.5) is 0 Å². The van der Waals surface area contributed by atoms with Crippen LogP contribution >= 0.6 is 11.8 Å². The summed E-state index contributed by atoms with van der Waals surface area (Å²) in [6.07, 6.45) is 6.37. The lowest BCUT2D eigenvalue weighted by Gasteiger charge is -2.01. The maximum Gasteiger partial charge on any atom is 0.0584 e. The van der Waals surface area contributed by atoms with Crippen LogP contribution in [0.5, 0.6) is 0 Å². The summed E-state index contributed by atoms with van der Waals surface area (Å²) in [4.78, 5) is 5.56. The molecule has 0 saturated carbocycles. The molecule has 0 atom stereocenters. The summed E-state index contributed by atoms with van der Waals surface area (Å²) in [6, 6.07) is 0. The first-order valence-corrected chi connectivity index (χ1v) is 3.99. The molecule has 46 valence electrons. The summed E-state index contributed by atoms with van der Waals surface area (Å²) < 4.78 is 0. The summed E-state index contributed by atoms with van der Waals surface area (Å²) in [5, 5.41) is 0. The van der Waals surface area contributed by atoms with Gasteiger partial charge in [-0.25, -0.2) is 0 Å². The fourth-order valence-electron chi connectivity index (χ4n) is 0.985. The predicted molar refractivity (Wildman–Crippen MR) is 42.0 cm³/mol. The average molecular weight is 137 g/mol. The van der Waals surface area contributed by atoms with E-state index in [1.165, 1.54) is 10.5 Å². The van der Waals surface area contributed by atoms with Crippen LogP contribution in [-0.4, -0.2) is 18.5 Å². The van der Waals surface area contributed by atoms with Crippen molar-refractivity contribution in [3.63, 3.8) is 0 Å². The molecule has 0 aromatic rings. The largest absolute Gasteiger partial charge is 0.288 e. The zero-order valence-electron chi connectivity index (χ0n) is 5.00. The van der Waals surface area contributed by atoms with E-state index in [1.54, 1.807) is 0 Å². The van der Waals surface area contributed by atoms with Crippen LogP contribution in [0.15, 0.2) is 27.6 Å². The molecule has 0 spiro atoms. The van der Waals surface area contributed by atoms with E-state index < -0.39 is 0 Å². The van der Waals surface area contributed by atoms with Crippen LogP contribution in [0, 0.1) is 0 Å². The Morgan fingerprint density at radius 2 is 2.44 bits per heavy atom. The SMILES string of the molecule is C1=NCC=C2SCC=C12. The Morgan fingerprint density at radius 1 is 1.44 bits per heavy atom. The Labute approximate surface area is 58.6 Å². The van der Waals surface area contributed by atoms with Gasteiger partial charge in [0.1, 0.15) is 0 Å². The zero-order chi connectivity index (χ0) is 6.10. The van der Waals surface area contributed by atoms with Gasteiger partial charge in [-0.1, -0.05) is 6.08 Å². The number of hydrogen-bond acceptors (Lipinski definition) is 2. The molecule has 1 nitrogen and oxygen atoms in total. The van der Waals surface area contributed by atoms with E-state index >= 15 is 0 Å². The molecule has 0 unspecified atom stereocenters. The second-order valence-electron chi connectivity index (χ2n) is 2.03. The molecule has 2 aliphatic rings. The first-order chi connectivity index (χ1) is 4.47. The highest BCUT2D eigenvalue weighted by Gasteiger charge is 2.10. The number of aliphatic imine (C=N–C) groups is 1. The van der Waals surface area contributed by atoms with Crippen LogP contribution in [-0.2, 0) is 0 Å². The summed E-state index contributed by atoms with van der Waals surface area (Å²) in [5.41, 5.74) is 1.33. The van der Waals surface area contributed by atoms with E-state index in [0.717, 1.165) is 12.3 Å². The highest BCUT2D eigenvalue weighted by atomic mass is 32.2. The van der Waals surface area contributed by atoms with Gasteiger partial charge in [-0.2, -0.15) is 0 Å². The van der Waals surface area contributed by atoms with Gasteiger partial charge in [0.25, 0.3) is 0 Å². The van der Waals surface area contributed by atoms with Crippen molar-refractivity contribution in [2.45, 2.75) is 0 Å². The summed E-state index contributed by atoms with van der Waals surface area (Å²) in [7, 11) is 0. The highest BCUT2D eigenvalue weighted by Crippen LogP contribution is 2.31. The lowest BCUT2D eigenvalue weighted by molar-refractivity contribution is 1.23. The van der Waals surface area contributed by atoms with Crippen molar-refractivity contribution in [2.75, 3.05) is 12.3 Å². The minimum Gasteiger partial charge on any atom is -0.288 e. The number of dihydropyridines is 1. The Bertz CT molecular complexity index is 213. The van der Waals surface area contributed by atoms with Crippen LogP contribution < -0.4 is 0 Å². The van der Waals surface area contributed by atoms with E-state index in [1.807, 2.05) is 18.0 Å². The van der Waals surface area contributed by atoms with Crippen molar-refractivity contribution in [1.29, 1.82) is 0 Å². The van der Waals surface area contributed by atoms with E-state index in [9.17, 15) is 0 Å². The number of nitrogens with zero attached hydrogens (tertiary/aromatic N) is 1. The molecular formula is C7H7NS. The third-order valence-corrected chi connectivity index (χ3v) is 2.49. The Balaban J connectivity index is 2.37. The molecule has 2 aliphatic heterocycles. The number of fused-ring (bicyclic) bond motifs is 1. The van der Waals surface area contributed by atoms with Crippen molar-refractivity contribution >= 4 is 18.0 Å². The van der Waals surface area contributed by atoms with Crippen molar-refractivity contribution in [3.05, 3.63) is 22.6 Å². The van der Waals surface area contributed by atoms with Gasteiger partial charge in [-0.05, 0) is 6.08 Å². The van der Waals surface area contributed by atoms with Gasteiger partial charge in [0.2, 0.25) is 0 Å². The molecule has 0 bridgehead atoms. The molecule has 0 aromatic carbocycles. The fourth-order valence-corrected chi connectivity index (χ4v) is 1.92. The van der Waals surface area contributed by atoms with Crippen molar-refractivity contribution in [3.8, 4) is 0 Å². The molecule has 0 saturated heterocycles. The van der Waals surface area contributed by atoms with Gasteiger partial charge in [-0.3, -0.25) is 4.99 Å². The maximum atomic E-state index is 4.14. The van der Waals surface area contributed by atoms with Gasteiger partial charge in [0, 0.05) is 22.4 Å². The molecule has 2 heterocycles. The van der Waals surface area contributed by atoms with Gasteiger partial charge >= 0.3 is 0 Å². The van der Waals surface area contributed by atoms with Crippen LogP contribution in [0.2, 0.25) is 0 Å². The van der Waals surface area contributed by atoms with Gasteiger partial charge < -0.3 is 0 Å². The van der Waals surface area contributed by atoms with Crippen LogP contribution in [0.25, 0.3) is 0 Å². The van der Waals surface area contributed by atoms with Crippen molar-refractivity contribution < 1.29 is 0 Å². The quantitative estimate of drug-likeness (QED) is 0.494. The summed E-state index contributed by atoms with van der Waals surface area (Å²) >= 11 is 1.90. The lowest BCUT2D eigenvalue weighted by atomic mass is 10.2. The molecule has 0 N–H and O–H groups in total. The molecule has 0 aromatic heterocycles. The van der Waals surface area contributed by atoms with E-state index in [4.69, 9.17) is 0 Å². The van der Waals surface area contributed by atoms with E-state index in [0.29, 0.717) is 0 Å². The van der Waals surface area contributed by atoms with Crippen LogP contribution in [0.1, 0.15) is 0 Å². The number of rotatable bonds is 0. The van der Waals surface area contributed by atoms with Crippen LogP contribution in [0.3, 0.4) is 0 Å². The highest BCUT2D eigenvalue weighted by molar-refractivity contribution is 8.03. The first kappa shape index (κ1) is 5.30. The van der Waals surface area contributed by atoms with Crippen molar-refractivity contribution in [1.82, 2.24) is 0 Å². The third kappa shape index (κ3) is 0.833. The smallest absolute Gasteiger partial charge is 0.0584 e. The monoisotopic (exact) mass is 137 g/mol. The number of allylic oxidation sites excluding steroid dienone is 1. The van der Waals surface area contributed by atoms with Gasteiger partial charge in [0.15, 0.2) is 0 Å². The second-order valence-corrected chi connectivity index (χ2v) is 3.09. The average Bonchev–Trinajstić information content (AvgIpc) is 2.33. The molecule has 2 heteroatoms. The van der Waals surface area contributed by atoms with Crippen molar-refractivity contribution in [2.24, 2.45) is 4.99 Å². The lowest BCUT2D eigenvalue weighted by Crippen LogP contribution is -1.91. The molecular weight excluding hydrogens is 130 g/mol. The number of hydrogen-bond donors (Lipinski definition) is 0. The van der Waals surface area contributed by atoms with Gasteiger partial charge in [-0.15, -0.1) is 11.8 Å². The zero-order valence-corrected chi connectivity index (χ0v) is 5.82. The molecule has 0 aliphatic carbocycles. The minimum atomic E-state index is 0.875. The standard InChI is InChI=1S/C7H7NS/c1-3-8-5-6-2-4-9-7(1)6/h1-2,5H,3-4H2. The van der Waals surface area contributed by atoms with Gasteiger partial charge in [0.05, 0.1) is 6.54 Å². The predicted octanol–water partition coefficient (Wildman–Crippen LogP) is 1.63. The molecule has 9 heavy (non-hydrogen) atoms. The molecule has 0 amide bonds. The van der Waals surface area contributed by atoms with E-state index in [-0.39, 0.29) is 0 Å². The molecule has 2 rings (SSSR count). The summed E-state index contributed by atoms with van der Waals surface area (Å²) in [5.74, 6) is 1.13. The van der Waals surface area contributed by atoms with E-state index in [2.05, 4.69) is 17.1 Å². The second kappa shape index (κ2) is 2.03. The Morgan fingerprint density at radius 3 is 3.33 bits per heavy atom. The Hall–Kier alpha value is -0.500. The first-order valence-electron chi connectivity index (χ1n) is 3.00. The number of thioether (sulfide) groups is 1. The Kier molecular flexibility index (Phi) is 1.19.